The molecule has 0 atom stereocenters. The van der Waals surface area contributed by atoms with Gasteiger partial charge in [0.1, 0.15) is 18.2 Å². The predicted molar refractivity (Wildman–Crippen MR) is 67.8 cm³/mol. The molecule has 0 aliphatic carbocycles. The van der Waals surface area contributed by atoms with Crippen LogP contribution in [-0.4, -0.2) is 5.11 Å². The van der Waals surface area contributed by atoms with Gasteiger partial charge in [0.25, 0.3) is 0 Å². The summed E-state index contributed by atoms with van der Waals surface area (Å²) in [5.74, 6) is 0.411. The molecule has 0 saturated carbocycles. The summed E-state index contributed by atoms with van der Waals surface area (Å²) >= 11 is 0. The van der Waals surface area contributed by atoms with E-state index in [1.165, 1.54) is 12.1 Å². The van der Waals surface area contributed by atoms with Crippen molar-refractivity contribution in [3.8, 4) is 5.75 Å². The van der Waals surface area contributed by atoms with Crippen LogP contribution in [0.2, 0.25) is 0 Å². The fourth-order valence-electron chi connectivity index (χ4n) is 1.69. The first-order chi connectivity index (χ1) is 8.69. The second-order valence-corrected chi connectivity index (χ2v) is 4.17. The van der Waals surface area contributed by atoms with Gasteiger partial charge in [0.15, 0.2) is 0 Å². The normalized spacial score (nSPS) is 10.4. The molecule has 0 unspecified atom stereocenters. The lowest BCUT2D eigenvalue weighted by atomic mass is 10.1. The summed E-state index contributed by atoms with van der Waals surface area (Å²) in [7, 11) is 0. The molecular weight excluding hydrogens is 231 g/mol. The van der Waals surface area contributed by atoms with Gasteiger partial charge in [-0.3, -0.25) is 0 Å². The van der Waals surface area contributed by atoms with Crippen LogP contribution < -0.4 is 4.74 Å². The van der Waals surface area contributed by atoms with Gasteiger partial charge in [-0.1, -0.05) is 18.2 Å². The number of rotatable bonds is 4. The third-order valence-electron chi connectivity index (χ3n) is 2.79. The van der Waals surface area contributed by atoms with Gasteiger partial charge in [0.05, 0.1) is 6.61 Å². The number of benzene rings is 2. The van der Waals surface area contributed by atoms with Gasteiger partial charge in [-0.15, -0.1) is 0 Å². The van der Waals surface area contributed by atoms with Gasteiger partial charge in [0, 0.05) is 0 Å². The van der Waals surface area contributed by atoms with Gasteiger partial charge in [-0.05, 0) is 47.9 Å². The third-order valence-corrected chi connectivity index (χ3v) is 2.79. The van der Waals surface area contributed by atoms with Crippen LogP contribution in [0.3, 0.4) is 0 Å². The predicted octanol–water partition coefficient (Wildman–Crippen LogP) is 3.21. The van der Waals surface area contributed by atoms with Crippen molar-refractivity contribution in [2.24, 2.45) is 0 Å². The van der Waals surface area contributed by atoms with E-state index < -0.39 is 0 Å². The van der Waals surface area contributed by atoms with Gasteiger partial charge in [0.2, 0.25) is 0 Å². The quantitative estimate of drug-likeness (QED) is 0.897. The molecule has 0 radical (unpaired) electrons. The minimum Gasteiger partial charge on any atom is -0.489 e. The molecule has 0 aromatic heterocycles. The number of aryl methyl sites for hydroxylation is 1. The summed E-state index contributed by atoms with van der Waals surface area (Å²) in [5, 5.41) is 9.02. The van der Waals surface area contributed by atoms with E-state index in [4.69, 9.17) is 9.84 Å². The lowest BCUT2D eigenvalue weighted by Crippen LogP contribution is -1.99. The Morgan fingerprint density at radius 2 is 2.00 bits per heavy atom. The highest BCUT2D eigenvalue weighted by atomic mass is 19.1. The van der Waals surface area contributed by atoms with E-state index in [9.17, 15) is 4.39 Å². The van der Waals surface area contributed by atoms with Gasteiger partial charge in [-0.2, -0.15) is 0 Å². The second-order valence-electron chi connectivity index (χ2n) is 4.17. The molecule has 2 aromatic rings. The fourth-order valence-corrected chi connectivity index (χ4v) is 1.69. The third kappa shape index (κ3) is 3.08. The molecular formula is C15H15FO2. The Bertz CT molecular complexity index is 538. The summed E-state index contributed by atoms with van der Waals surface area (Å²) in [4.78, 5) is 0. The van der Waals surface area contributed by atoms with Crippen LogP contribution in [0.4, 0.5) is 4.39 Å². The Balaban J connectivity index is 2.08. The number of hydrogen-bond donors (Lipinski definition) is 1. The standard InChI is InChI=1S/C15H15FO2/c1-11-5-6-14(16)8-13(11)10-18-15-4-2-3-12(7-15)9-17/h2-8,17H,9-10H2,1H3. The molecule has 2 rings (SSSR count). The first kappa shape index (κ1) is 12.6. The van der Waals surface area contributed by atoms with Crippen LogP contribution in [0.5, 0.6) is 5.75 Å². The molecule has 3 heteroatoms. The molecule has 2 aromatic carbocycles. The summed E-state index contributed by atoms with van der Waals surface area (Å²) in [6.45, 7) is 2.22. The number of ether oxygens (including phenoxy) is 1. The molecule has 18 heavy (non-hydrogen) atoms. The van der Waals surface area contributed by atoms with E-state index in [1.54, 1.807) is 12.1 Å². The van der Waals surface area contributed by atoms with E-state index in [0.717, 1.165) is 16.7 Å². The maximum atomic E-state index is 13.1. The first-order valence-corrected chi connectivity index (χ1v) is 5.76. The van der Waals surface area contributed by atoms with Crippen molar-refractivity contribution in [2.45, 2.75) is 20.1 Å². The zero-order valence-electron chi connectivity index (χ0n) is 10.2. The van der Waals surface area contributed by atoms with Crippen molar-refractivity contribution in [3.05, 3.63) is 65.0 Å². The number of aliphatic hydroxyl groups is 1. The Hall–Kier alpha value is -1.87. The van der Waals surface area contributed by atoms with Gasteiger partial charge < -0.3 is 9.84 Å². The lowest BCUT2D eigenvalue weighted by molar-refractivity contribution is 0.278. The fraction of sp³-hybridized carbons (Fsp3) is 0.200. The Kier molecular flexibility index (Phi) is 3.95. The maximum absolute atomic E-state index is 13.1. The van der Waals surface area contributed by atoms with Crippen LogP contribution in [0.15, 0.2) is 42.5 Å². The first-order valence-electron chi connectivity index (χ1n) is 5.76. The van der Waals surface area contributed by atoms with Crippen molar-refractivity contribution < 1.29 is 14.2 Å². The minimum absolute atomic E-state index is 0.0177. The molecule has 0 amide bonds. The molecule has 0 aliphatic heterocycles. The summed E-state index contributed by atoms with van der Waals surface area (Å²) in [6, 6.07) is 11.9. The largest absolute Gasteiger partial charge is 0.489 e. The van der Waals surface area contributed by atoms with Crippen LogP contribution in [0.1, 0.15) is 16.7 Å². The zero-order valence-corrected chi connectivity index (χ0v) is 10.2. The second kappa shape index (κ2) is 5.65. The van der Waals surface area contributed by atoms with Crippen LogP contribution in [0, 0.1) is 12.7 Å². The molecule has 0 aliphatic rings. The topological polar surface area (TPSA) is 29.5 Å². The summed E-state index contributed by atoms with van der Waals surface area (Å²) in [6.07, 6.45) is 0. The monoisotopic (exact) mass is 246 g/mol. The number of aliphatic hydroxyl groups excluding tert-OH is 1. The average Bonchev–Trinajstić information content (AvgIpc) is 2.40. The molecule has 0 spiro atoms. The minimum atomic E-state index is -0.261. The van der Waals surface area contributed by atoms with Gasteiger partial charge >= 0.3 is 0 Å². The van der Waals surface area contributed by atoms with Gasteiger partial charge in [-0.25, -0.2) is 4.39 Å². The molecule has 0 bridgehead atoms. The van der Waals surface area contributed by atoms with E-state index in [2.05, 4.69) is 0 Å². The molecule has 2 nitrogen and oxygen atoms in total. The molecule has 1 N–H and O–H groups in total. The van der Waals surface area contributed by atoms with Crippen molar-refractivity contribution >= 4 is 0 Å². The van der Waals surface area contributed by atoms with Crippen molar-refractivity contribution in [3.63, 3.8) is 0 Å². The smallest absolute Gasteiger partial charge is 0.123 e. The molecule has 0 heterocycles. The molecule has 0 fully saturated rings. The van der Waals surface area contributed by atoms with Crippen molar-refractivity contribution in [1.29, 1.82) is 0 Å². The Labute approximate surface area is 106 Å². The lowest BCUT2D eigenvalue weighted by Gasteiger charge is -2.09. The molecule has 0 saturated heterocycles. The average molecular weight is 246 g/mol. The Morgan fingerprint density at radius 1 is 1.17 bits per heavy atom. The summed E-state index contributed by atoms with van der Waals surface area (Å²) in [5.41, 5.74) is 2.61. The highest BCUT2D eigenvalue weighted by molar-refractivity contribution is 5.30. The molecule has 94 valence electrons. The number of hydrogen-bond acceptors (Lipinski definition) is 2. The van der Waals surface area contributed by atoms with Crippen molar-refractivity contribution in [1.82, 2.24) is 0 Å². The maximum Gasteiger partial charge on any atom is 0.123 e. The number of halogens is 1. The summed E-state index contributed by atoms with van der Waals surface area (Å²) < 4.78 is 18.7. The highest BCUT2D eigenvalue weighted by Gasteiger charge is 2.02. The zero-order chi connectivity index (χ0) is 13.0. The van der Waals surface area contributed by atoms with Crippen LogP contribution in [0.25, 0.3) is 0 Å². The van der Waals surface area contributed by atoms with E-state index in [-0.39, 0.29) is 12.4 Å². The van der Waals surface area contributed by atoms with E-state index >= 15 is 0 Å². The van der Waals surface area contributed by atoms with Crippen LogP contribution >= 0.6 is 0 Å². The SMILES string of the molecule is Cc1ccc(F)cc1COc1cccc(CO)c1. The Morgan fingerprint density at radius 3 is 2.78 bits per heavy atom. The highest BCUT2D eigenvalue weighted by Crippen LogP contribution is 2.17. The van der Waals surface area contributed by atoms with Crippen LogP contribution in [-0.2, 0) is 13.2 Å². The van der Waals surface area contributed by atoms with Crippen molar-refractivity contribution in [2.75, 3.05) is 0 Å². The van der Waals surface area contributed by atoms with E-state index in [1.807, 2.05) is 25.1 Å². The van der Waals surface area contributed by atoms with E-state index in [0.29, 0.717) is 12.4 Å².